The Labute approximate surface area is 121 Å². The summed E-state index contributed by atoms with van der Waals surface area (Å²) in [5.74, 6) is 3.51. The summed E-state index contributed by atoms with van der Waals surface area (Å²) in [7, 11) is 0. The fraction of sp³-hybridized carbons (Fsp3) is 0.923. The molecule has 18 heavy (non-hydrogen) atoms. The van der Waals surface area contributed by atoms with Gasteiger partial charge in [-0.1, -0.05) is 0 Å². The summed E-state index contributed by atoms with van der Waals surface area (Å²) in [6, 6.07) is 0.590. The number of thioether (sulfide) groups is 1. The first-order chi connectivity index (χ1) is 8.34. The molecule has 1 atom stereocenters. The Kier molecular flexibility index (Phi) is 8.11. The summed E-state index contributed by atoms with van der Waals surface area (Å²) in [5.41, 5.74) is 0. The fourth-order valence-corrected chi connectivity index (χ4v) is 3.81. The summed E-state index contributed by atoms with van der Waals surface area (Å²) in [6.45, 7) is 2.03. The minimum absolute atomic E-state index is 0. The van der Waals surface area contributed by atoms with E-state index in [1.807, 2.05) is 11.8 Å². The average Bonchev–Trinajstić information content (AvgIpc) is 2.88. The topological polar surface area (TPSA) is 41.1 Å². The Morgan fingerprint density at radius 1 is 1.28 bits per heavy atom. The molecule has 0 saturated carbocycles. The van der Waals surface area contributed by atoms with E-state index in [2.05, 4.69) is 10.6 Å². The van der Waals surface area contributed by atoms with E-state index in [-0.39, 0.29) is 18.3 Å². The second-order valence-corrected chi connectivity index (χ2v) is 6.42. The standard InChI is InChI=1S/C13H24N2OS.ClH/c16-13(4-3-12-2-1-7-14-12)15-10-11-5-8-17-9-6-11;/h11-12,14H,1-10H2,(H,15,16);1H. The van der Waals surface area contributed by atoms with Crippen LogP contribution in [0.15, 0.2) is 0 Å². The van der Waals surface area contributed by atoms with Gasteiger partial charge >= 0.3 is 0 Å². The third-order valence-electron chi connectivity index (χ3n) is 3.81. The summed E-state index contributed by atoms with van der Waals surface area (Å²) in [5, 5.41) is 6.54. The number of hydrogen-bond donors (Lipinski definition) is 2. The molecule has 2 aliphatic heterocycles. The summed E-state index contributed by atoms with van der Waals surface area (Å²) < 4.78 is 0. The molecule has 2 rings (SSSR count). The van der Waals surface area contributed by atoms with E-state index in [9.17, 15) is 4.79 Å². The zero-order chi connectivity index (χ0) is 11.9. The van der Waals surface area contributed by atoms with E-state index in [1.165, 1.54) is 37.2 Å². The van der Waals surface area contributed by atoms with Crippen molar-refractivity contribution in [1.82, 2.24) is 10.6 Å². The second kappa shape index (κ2) is 9.05. The molecule has 5 heteroatoms. The van der Waals surface area contributed by atoms with Crippen molar-refractivity contribution in [3.63, 3.8) is 0 Å². The van der Waals surface area contributed by atoms with Gasteiger partial charge in [-0.05, 0) is 56.1 Å². The van der Waals surface area contributed by atoms with Crippen LogP contribution < -0.4 is 10.6 Å². The normalized spacial score (nSPS) is 24.6. The zero-order valence-corrected chi connectivity index (χ0v) is 12.6. The lowest BCUT2D eigenvalue weighted by molar-refractivity contribution is -0.121. The molecule has 0 aromatic carbocycles. The number of nitrogens with one attached hydrogen (secondary N) is 2. The number of carbonyl (C=O) groups excluding carboxylic acids is 1. The average molecular weight is 293 g/mol. The van der Waals surface area contributed by atoms with Crippen LogP contribution in [0, 0.1) is 5.92 Å². The van der Waals surface area contributed by atoms with Crippen LogP contribution in [0.5, 0.6) is 0 Å². The van der Waals surface area contributed by atoms with Gasteiger partial charge < -0.3 is 10.6 Å². The molecule has 106 valence electrons. The van der Waals surface area contributed by atoms with Crippen molar-refractivity contribution in [2.45, 2.75) is 44.6 Å². The van der Waals surface area contributed by atoms with Gasteiger partial charge in [-0.2, -0.15) is 11.8 Å². The molecule has 0 aromatic rings. The Hall–Kier alpha value is 0.0700. The maximum atomic E-state index is 11.7. The Bertz CT molecular complexity index is 241. The molecule has 0 bridgehead atoms. The van der Waals surface area contributed by atoms with Crippen molar-refractivity contribution in [3.05, 3.63) is 0 Å². The van der Waals surface area contributed by atoms with Crippen LogP contribution in [0.1, 0.15) is 38.5 Å². The minimum atomic E-state index is 0. The first-order valence-corrected chi connectivity index (χ1v) is 8.08. The highest BCUT2D eigenvalue weighted by Gasteiger charge is 2.17. The quantitative estimate of drug-likeness (QED) is 0.816. The van der Waals surface area contributed by atoms with E-state index < -0.39 is 0 Å². The largest absolute Gasteiger partial charge is 0.356 e. The van der Waals surface area contributed by atoms with Gasteiger partial charge in [-0.25, -0.2) is 0 Å². The van der Waals surface area contributed by atoms with Gasteiger partial charge in [0, 0.05) is 19.0 Å². The molecule has 3 nitrogen and oxygen atoms in total. The Morgan fingerprint density at radius 3 is 2.72 bits per heavy atom. The van der Waals surface area contributed by atoms with Crippen molar-refractivity contribution in [3.8, 4) is 0 Å². The van der Waals surface area contributed by atoms with Crippen molar-refractivity contribution >= 4 is 30.1 Å². The molecule has 2 heterocycles. The molecule has 2 fully saturated rings. The van der Waals surface area contributed by atoms with Crippen molar-refractivity contribution in [1.29, 1.82) is 0 Å². The van der Waals surface area contributed by atoms with Gasteiger partial charge in [-0.3, -0.25) is 4.79 Å². The van der Waals surface area contributed by atoms with Gasteiger partial charge in [-0.15, -0.1) is 12.4 Å². The molecule has 2 saturated heterocycles. The predicted octanol–water partition coefficient (Wildman–Crippen LogP) is 2.20. The molecule has 1 amide bonds. The number of rotatable bonds is 5. The van der Waals surface area contributed by atoms with E-state index in [1.54, 1.807) is 0 Å². The van der Waals surface area contributed by atoms with E-state index in [4.69, 9.17) is 0 Å². The number of hydrogen-bond acceptors (Lipinski definition) is 3. The molecule has 0 radical (unpaired) electrons. The van der Waals surface area contributed by atoms with Crippen LogP contribution in [-0.2, 0) is 4.79 Å². The maximum absolute atomic E-state index is 11.7. The van der Waals surface area contributed by atoms with Crippen LogP contribution >= 0.6 is 24.2 Å². The molecular formula is C13H25ClN2OS. The van der Waals surface area contributed by atoms with Gasteiger partial charge in [0.25, 0.3) is 0 Å². The van der Waals surface area contributed by atoms with Crippen LogP contribution in [-0.4, -0.2) is 36.5 Å². The lowest BCUT2D eigenvalue weighted by Gasteiger charge is -2.21. The maximum Gasteiger partial charge on any atom is 0.220 e. The summed E-state index contributed by atoms with van der Waals surface area (Å²) >= 11 is 2.04. The first kappa shape index (κ1) is 16.1. The molecule has 1 unspecified atom stereocenters. The first-order valence-electron chi connectivity index (χ1n) is 6.92. The summed E-state index contributed by atoms with van der Waals surface area (Å²) in [6.07, 6.45) is 6.76. The SMILES string of the molecule is Cl.O=C(CCC1CCCN1)NCC1CCSCC1. The van der Waals surface area contributed by atoms with Crippen LogP contribution in [0.4, 0.5) is 0 Å². The van der Waals surface area contributed by atoms with Crippen molar-refractivity contribution < 1.29 is 4.79 Å². The van der Waals surface area contributed by atoms with Gasteiger partial charge in [0.15, 0.2) is 0 Å². The third-order valence-corrected chi connectivity index (χ3v) is 4.86. The lowest BCUT2D eigenvalue weighted by Crippen LogP contribution is -2.32. The van der Waals surface area contributed by atoms with Crippen LogP contribution in [0.3, 0.4) is 0 Å². The number of amides is 1. The molecular weight excluding hydrogens is 268 g/mol. The second-order valence-electron chi connectivity index (χ2n) is 5.19. The van der Waals surface area contributed by atoms with Gasteiger partial charge in [0.1, 0.15) is 0 Å². The Morgan fingerprint density at radius 2 is 2.06 bits per heavy atom. The van der Waals surface area contributed by atoms with E-state index >= 15 is 0 Å². The van der Waals surface area contributed by atoms with Gasteiger partial charge in [0.05, 0.1) is 0 Å². The molecule has 0 spiro atoms. The highest BCUT2D eigenvalue weighted by Crippen LogP contribution is 2.21. The Balaban J connectivity index is 0.00000162. The fourth-order valence-electron chi connectivity index (χ4n) is 2.61. The molecule has 0 aromatic heterocycles. The molecule has 2 aliphatic rings. The van der Waals surface area contributed by atoms with E-state index in [0.29, 0.717) is 12.5 Å². The molecule has 0 aliphatic carbocycles. The predicted molar refractivity (Wildman–Crippen MR) is 80.6 cm³/mol. The highest BCUT2D eigenvalue weighted by molar-refractivity contribution is 7.99. The van der Waals surface area contributed by atoms with Crippen LogP contribution in [0.2, 0.25) is 0 Å². The number of carbonyl (C=O) groups is 1. The lowest BCUT2D eigenvalue weighted by atomic mass is 10.0. The molecule has 2 N–H and O–H groups in total. The zero-order valence-electron chi connectivity index (χ0n) is 11.0. The highest BCUT2D eigenvalue weighted by atomic mass is 35.5. The minimum Gasteiger partial charge on any atom is -0.356 e. The van der Waals surface area contributed by atoms with Crippen molar-refractivity contribution in [2.75, 3.05) is 24.6 Å². The number of halogens is 1. The monoisotopic (exact) mass is 292 g/mol. The summed E-state index contributed by atoms with van der Waals surface area (Å²) in [4.78, 5) is 11.7. The smallest absolute Gasteiger partial charge is 0.220 e. The third kappa shape index (κ3) is 5.81. The van der Waals surface area contributed by atoms with Crippen LogP contribution in [0.25, 0.3) is 0 Å². The van der Waals surface area contributed by atoms with Gasteiger partial charge in [0.2, 0.25) is 5.91 Å². The van der Waals surface area contributed by atoms with Crippen molar-refractivity contribution in [2.24, 2.45) is 5.92 Å². The van der Waals surface area contributed by atoms with E-state index in [0.717, 1.165) is 25.4 Å².